The van der Waals surface area contributed by atoms with Gasteiger partial charge >= 0.3 is 12.1 Å². The molecule has 1 amide bonds. The zero-order chi connectivity index (χ0) is 23.8. The van der Waals surface area contributed by atoms with E-state index in [-0.39, 0.29) is 11.7 Å². The van der Waals surface area contributed by atoms with Gasteiger partial charge in [0, 0.05) is 31.0 Å². The second kappa shape index (κ2) is 8.57. The van der Waals surface area contributed by atoms with Crippen molar-refractivity contribution in [2.75, 3.05) is 11.9 Å². The molecule has 2 N–H and O–H groups in total. The number of hydrogen-bond donors (Lipinski definition) is 2. The molecule has 1 aliphatic heterocycles. The summed E-state index contributed by atoms with van der Waals surface area (Å²) in [5.41, 5.74) is 3.92. The third kappa shape index (κ3) is 4.82. The molecule has 0 saturated carbocycles. The molecule has 0 atom stereocenters. The minimum atomic E-state index is -1.04. The van der Waals surface area contributed by atoms with E-state index in [1.807, 2.05) is 52.1 Å². The summed E-state index contributed by atoms with van der Waals surface area (Å²) in [4.78, 5) is 29.7. The summed E-state index contributed by atoms with van der Waals surface area (Å²) in [6.45, 7) is 8.51. The fraction of sp³-hybridized carbons (Fsp3) is 0.333. The first-order valence-corrected chi connectivity index (χ1v) is 10.7. The zero-order valence-corrected chi connectivity index (χ0v) is 19.1. The lowest BCUT2D eigenvalue weighted by Crippen LogP contribution is -2.40. The molecule has 1 aromatic carbocycles. The highest BCUT2D eigenvalue weighted by molar-refractivity contribution is 5.94. The van der Waals surface area contributed by atoms with Crippen molar-refractivity contribution < 1.29 is 19.4 Å². The van der Waals surface area contributed by atoms with Gasteiger partial charge in [0.05, 0.1) is 23.1 Å². The number of ether oxygens (including phenoxy) is 1. The highest BCUT2D eigenvalue weighted by atomic mass is 16.6. The summed E-state index contributed by atoms with van der Waals surface area (Å²) >= 11 is 0. The maximum atomic E-state index is 12.5. The molecule has 9 heteroatoms. The Morgan fingerprint density at radius 1 is 1.21 bits per heavy atom. The van der Waals surface area contributed by atoms with E-state index in [1.54, 1.807) is 9.58 Å². The quantitative estimate of drug-likeness (QED) is 0.611. The van der Waals surface area contributed by atoms with Crippen molar-refractivity contribution in [3.8, 4) is 5.69 Å². The van der Waals surface area contributed by atoms with Gasteiger partial charge < -0.3 is 20.1 Å². The lowest BCUT2D eigenvalue weighted by molar-refractivity contribution is 0.0223. The maximum absolute atomic E-state index is 12.5. The first kappa shape index (κ1) is 22.3. The number of carbonyl (C=O) groups is 2. The molecule has 0 fully saturated rings. The van der Waals surface area contributed by atoms with Crippen LogP contribution in [0.25, 0.3) is 5.69 Å². The first-order chi connectivity index (χ1) is 15.6. The molecular weight excluding hydrogens is 422 g/mol. The summed E-state index contributed by atoms with van der Waals surface area (Å²) in [5, 5.41) is 17.2. The summed E-state index contributed by atoms with van der Waals surface area (Å²) in [6.07, 6.45) is 5.17. The minimum Gasteiger partial charge on any atom is -0.478 e. The molecule has 0 bridgehead atoms. The van der Waals surface area contributed by atoms with Gasteiger partial charge in [-0.25, -0.2) is 14.3 Å². The van der Waals surface area contributed by atoms with E-state index < -0.39 is 11.6 Å². The van der Waals surface area contributed by atoms with E-state index in [4.69, 9.17) is 4.74 Å². The molecule has 33 heavy (non-hydrogen) atoms. The smallest absolute Gasteiger partial charge is 0.410 e. The summed E-state index contributed by atoms with van der Waals surface area (Å²) in [7, 11) is 0. The molecular formula is C24H27N5O4. The number of carboxylic acid groups (broad SMARTS) is 1. The van der Waals surface area contributed by atoms with Gasteiger partial charge in [-0.05, 0) is 57.4 Å². The largest absolute Gasteiger partial charge is 0.478 e. The molecule has 0 saturated heterocycles. The number of benzene rings is 1. The van der Waals surface area contributed by atoms with E-state index in [2.05, 4.69) is 15.4 Å². The molecule has 0 unspecified atom stereocenters. The number of aryl methyl sites for hydroxylation is 1. The van der Waals surface area contributed by atoms with Crippen LogP contribution < -0.4 is 5.32 Å². The number of amides is 1. The van der Waals surface area contributed by atoms with Crippen molar-refractivity contribution in [3.63, 3.8) is 0 Å². The van der Waals surface area contributed by atoms with Crippen LogP contribution in [0, 0.1) is 6.92 Å². The van der Waals surface area contributed by atoms with E-state index in [0.717, 1.165) is 22.4 Å². The monoisotopic (exact) mass is 449 g/mol. The molecule has 172 valence electrons. The number of aromatic carboxylic acids is 1. The van der Waals surface area contributed by atoms with Crippen LogP contribution in [0.2, 0.25) is 0 Å². The Morgan fingerprint density at radius 2 is 2.00 bits per heavy atom. The van der Waals surface area contributed by atoms with Crippen LogP contribution in [0.15, 0.2) is 42.9 Å². The van der Waals surface area contributed by atoms with Crippen LogP contribution >= 0.6 is 0 Å². The normalized spacial score (nSPS) is 13.4. The van der Waals surface area contributed by atoms with E-state index in [1.165, 1.54) is 18.5 Å². The van der Waals surface area contributed by atoms with Crippen LogP contribution in [-0.4, -0.2) is 49.0 Å². The number of pyridine rings is 1. The van der Waals surface area contributed by atoms with Crippen molar-refractivity contribution in [2.24, 2.45) is 0 Å². The lowest BCUT2D eigenvalue weighted by Gasteiger charge is -2.32. The summed E-state index contributed by atoms with van der Waals surface area (Å²) < 4.78 is 7.31. The standard InChI is InChI=1S/C24H27N5O4/c1-15-13-29(27-21(15)26-19-12-25-10-8-18(19)22(30)31)20-7-5-6-16-14-28(11-9-17(16)20)23(32)33-24(2,3)4/h5-8,10,12-13H,9,11,14H2,1-4H3,(H,26,27)(H,30,31). The molecule has 1 aliphatic rings. The van der Waals surface area contributed by atoms with Gasteiger partial charge in [0.1, 0.15) is 5.60 Å². The molecule has 3 heterocycles. The van der Waals surface area contributed by atoms with Gasteiger partial charge in [0.25, 0.3) is 0 Å². The number of nitrogens with zero attached hydrogens (tertiary/aromatic N) is 4. The second-order valence-corrected chi connectivity index (χ2v) is 9.02. The minimum absolute atomic E-state index is 0.123. The van der Waals surface area contributed by atoms with E-state index in [9.17, 15) is 14.7 Å². The SMILES string of the molecule is Cc1cn(-c2cccc3c2CCN(C(=O)OC(C)(C)C)C3)nc1Nc1cnccc1C(=O)O. The number of rotatable bonds is 4. The molecule has 3 aromatic rings. The Hall–Kier alpha value is -3.88. The third-order valence-corrected chi connectivity index (χ3v) is 5.34. The number of fused-ring (bicyclic) bond motifs is 1. The highest BCUT2D eigenvalue weighted by Gasteiger charge is 2.27. The second-order valence-electron chi connectivity index (χ2n) is 9.02. The number of nitrogens with one attached hydrogen (secondary N) is 1. The lowest BCUT2D eigenvalue weighted by atomic mass is 9.98. The van der Waals surface area contributed by atoms with Gasteiger partial charge in [-0.1, -0.05) is 12.1 Å². The number of carbonyl (C=O) groups excluding carboxylic acids is 1. The first-order valence-electron chi connectivity index (χ1n) is 10.7. The fourth-order valence-corrected chi connectivity index (χ4v) is 3.80. The molecule has 2 aromatic heterocycles. The van der Waals surface area contributed by atoms with E-state index >= 15 is 0 Å². The Balaban J connectivity index is 1.59. The van der Waals surface area contributed by atoms with Gasteiger partial charge in [-0.3, -0.25) is 4.98 Å². The van der Waals surface area contributed by atoms with E-state index in [0.29, 0.717) is 31.0 Å². The molecule has 0 spiro atoms. The fourth-order valence-electron chi connectivity index (χ4n) is 3.80. The van der Waals surface area contributed by atoms with Gasteiger partial charge in [0.2, 0.25) is 0 Å². The highest BCUT2D eigenvalue weighted by Crippen LogP contribution is 2.28. The predicted octanol–water partition coefficient (Wildman–Crippen LogP) is 4.31. The average molecular weight is 450 g/mol. The summed E-state index contributed by atoms with van der Waals surface area (Å²) in [6, 6.07) is 7.39. The van der Waals surface area contributed by atoms with Crippen molar-refractivity contribution in [1.29, 1.82) is 0 Å². The van der Waals surface area contributed by atoms with Crippen molar-refractivity contribution in [1.82, 2.24) is 19.7 Å². The molecule has 0 aliphatic carbocycles. The van der Waals surface area contributed by atoms with Crippen molar-refractivity contribution >= 4 is 23.6 Å². The number of carboxylic acids is 1. The number of aromatic nitrogens is 3. The van der Waals surface area contributed by atoms with Crippen LogP contribution in [0.4, 0.5) is 16.3 Å². The Bertz CT molecular complexity index is 1210. The summed E-state index contributed by atoms with van der Waals surface area (Å²) in [5.74, 6) is -0.488. The van der Waals surface area contributed by atoms with Crippen LogP contribution in [0.1, 0.15) is 47.8 Å². The van der Waals surface area contributed by atoms with Gasteiger partial charge in [0.15, 0.2) is 5.82 Å². The molecule has 4 rings (SSSR count). The maximum Gasteiger partial charge on any atom is 0.410 e. The topological polar surface area (TPSA) is 110 Å². The number of hydrogen-bond acceptors (Lipinski definition) is 6. The van der Waals surface area contributed by atoms with Crippen molar-refractivity contribution in [2.45, 2.75) is 46.3 Å². The average Bonchev–Trinajstić information content (AvgIpc) is 3.12. The predicted molar refractivity (Wildman–Crippen MR) is 123 cm³/mol. The van der Waals surface area contributed by atoms with Gasteiger partial charge in [-0.2, -0.15) is 0 Å². The van der Waals surface area contributed by atoms with Crippen LogP contribution in [0.5, 0.6) is 0 Å². The molecule has 0 radical (unpaired) electrons. The zero-order valence-electron chi connectivity index (χ0n) is 19.1. The van der Waals surface area contributed by atoms with Crippen molar-refractivity contribution in [3.05, 3.63) is 65.1 Å². The third-order valence-electron chi connectivity index (χ3n) is 5.34. The van der Waals surface area contributed by atoms with Crippen LogP contribution in [-0.2, 0) is 17.7 Å². The molecule has 9 nitrogen and oxygen atoms in total. The number of anilines is 2. The Labute approximate surface area is 192 Å². The van der Waals surface area contributed by atoms with Gasteiger partial charge in [-0.15, -0.1) is 5.10 Å². The Kier molecular flexibility index (Phi) is 5.80. The Morgan fingerprint density at radius 3 is 2.73 bits per heavy atom. The van der Waals surface area contributed by atoms with Crippen LogP contribution in [0.3, 0.4) is 0 Å².